The third kappa shape index (κ3) is 3.45. The fourth-order valence-electron chi connectivity index (χ4n) is 1.99. The molecule has 0 saturated heterocycles. The first-order valence-electron chi connectivity index (χ1n) is 6.66. The molecule has 0 saturated carbocycles. The third-order valence-electron chi connectivity index (χ3n) is 3.06. The van der Waals surface area contributed by atoms with Crippen molar-refractivity contribution in [2.45, 2.75) is 11.3 Å². The van der Waals surface area contributed by atoms with Crippen molar-refractivity contribution < 1.29 is 9.18 Å². The Morgan fingerprint density at radius 2 is 2.14 bits per heavy atom. The van der Waals surface area contributed by atoms with E-state index in [4.69, 9.17) is 0 Å². The van der Waals surface area contributed by atoms with E-state index in [1.54, 1.807) is 24.3 Å². The Balaban J connectivity index is 1.62. The number of aromatic nitrogens is 1. The minimum absolute atomic E-state index is 0.126. The number of thioether (sulfide) groups is 1. The van der Waals surface area contributed by atoms with Crippen LogP contribution in [0.5, 0.6) is 0 Å². The summed E-state index contributed by atoms with van der Waals surface area (Å²) in [6.45, 7) is 1.76. The van der Waals surface area contributed by atoms with E-state index in [2.05, 4.69) is 10.3 Å². The number of thiazole rings is 1. The number of carbonyl (C=O) groups is 1. The van der Waals surface area contributed by atoms with Gasteiger partial charge in [0.05, 0.1) is 16.0 Å². The lowest BCUT2D eigenvalue weighted by atomic mass is 10.2. The van der Waals surface area contributed by atoms with Crippen molar-refractivity contribution in [3.63, 3.8) is 0 Å². The maximum atomic E-state index is 13.0. The summed E-state index contributed by atoms with van der Waals surface area (Å²) in [5, 5.41) is 2.79. The molecule has 0 aliphatic rings. The van der Waals surface area contributed by atoms with Gasteiger partial charge in [-0.15, -0.1) is 11.3 Å². The first-order chi connectivity index (χ1) is 10.6. The third-order valence-corrected chi connectivity index (χ3v) is 5.24. The fraction of sp³-hybridized carbons (Fsp3) is 0.125. The van der Waals surface area contributed by atoms with E-state index in [0.29, 0.717) is 11.3 Å². The summed E-state index contributed by atoms with van der Waals surface area (Å²) >= 11 is 2.98. The molecule has 1 aromatic heterocycles. The summed E-state index contributed by atoms with van der Waals surface area (Å²) in [5.41, 5.74) is 2.29. The van der Waals surface area contributed by atoms with Crippen LogP contribution in [0.25, 0.3) is 10.2 Å². The second-order valence-electron chi connectivity index (χ2n) is 4.74. The first-order valence-corrected chi connectivity index (χ1v) is 8.46. The minimum Gasteiger partial charge on any atom is -0.325 e. The average Bonchev–Trinajstić information content (AvgIpc) is 2.91. The van der Waals surface area contributed by atoms with Gasteiger partial charge in [0.2, 0.25) is 5.91 Å². The van der Waals surface area contributed by atoms with Gasteiger partial charge in [-0.3, -0.25) is 4.79 Å². The summed E-state index contributed by atoms with van der Waals surface area (Å²) in [4.78, 5) is 16.5. The summed E-state index contributed by atoms with van der Waals surface area (Å²) < 4.78 is 15.0. The van der Waals surface area contributed by atoms with Crippen LogP contribution in [-0.2, 0) is 4.79 Å². The number of aryl methyl sites for hydroxylation is 1. The molecule has 3 nitrogen and oxygen atoms in total. The van der Waals surface area contributed by atoms with Crippen molar-refractivity contribution in [3.05, 3.63) is 53.8 Å². The Morgan fingerprint density at radius 3 is 2.91 bits per heavy atom. The topological polar surface area (TPSA) is 42.0 Å². The van der Waals surface area contributed by atoms with Gasteiger partial charge in [0.1, 0.15) is 5.82 Å². The van der Waals surface area contributed by atoms with Crippen LogP contribution >= 0.6 is 23.1 Å². The van der Waals surface area contributed by atoms with E-state index >= 15 is 0 Å². The number of nitrogens with one attached hydrogen (secondary N) is 1. The number of rotatable bonds is 4. The van der Waals surface area contributed by atoms with Crippen LogP contribution in [-0.4, -0.2) is 16.6 Å². The van der Waals surface area contributed by atoms with Crippen LogP contribution in [0.3, 0.4) is 0 Å². The minimum atomic E-state index is -0.306. The quantitative estimate of drug-likeness (QED) is 0.717. The first kappa shape index (κ1) is 15.0. The van der Waals surface area contributed by atoms with Gasteiger partial charge in [0.15, 0.2) is 4.34 Å². The van der Waals surface area contributed by atoms with Gasteiger partial charge in [0.25, 0.3) is 0 Å². The zero-order chi connectivity index (χ0) is 15.5. The van der Waals surface area contributed by atoms with Gasteiger partial charge in [-0.05, 0) is 42.8 Å². The second kappa shape index (κ2) is 6.46. The average molecular weight is 332 g/mol. The zero-order valence-corrected chi connectivity index (χ0v) is 13.4. The molecular weight excluding hydrogens is 319 g/mol. The molecule has 0 atom stereocenters. The highest BCUT2D eigenvalue weighted by atomic mass is 32.2. The predicted octanol–water partition coefficient (Wildman–Crippen LogP) is 4.47. The molecule has 0 spiro atoms. The summed E-state index contributed by atoms with van der Waals surface area (Å²) in [6, 6.07) is 12.2. The smallest absolute Gasteiger partial charge is 0.234 e. The fourth-order valence-corrected chi connectivity index (χ4v) is 3.86. The number of benzene rings is 2. The molecule has 0 bridgehead atoms. The number of carbonyl (C=O) groups excluding carboxylic acids is 1. The molecule has 0 aliphatic heterocycles. The molecule has 0 aliphatic carbocycles. The Kier molecular flexibility index (Phi) is 4.40. The highest BCUT2D eigenvalue weighted by Crippen LogP contribution is 2.29. The number of fused-ring (bicyclic) bond motifs is 1. The Labute approximate surface area is 135 Å². The van der Waals surface area contributed by atoms with Gasteiger partial charge in [0, 0.05) is 5.69 Å². The molecule has 22 heavy (non-hydrogen) atoms. The lowest BCUT2D eigenvalue weighted by molar-refractivity contribution is -0.113. The summed E-state index contributed by atoms with van der Waals surface area (Å²) in [6.07, 6.45) is 0. The number of hydrogen-bond donors (Lipinski definition) is 1. The Bertz CT molecular complexity index is 799. The maximum absolute atomic E-state index is 13.0. The zero-order valence-electron chi connectivity index (χ0n) is 11.8. The van der Waals surface area contributed by atoms with Gasteiger partial charge in [-0.1, -0.05) is 23.9 Å². The number of nitrogens with zero attached hydrogens (tertiary/aromatic N) is 1. The number of hydrogen-bond acceptors (Lipinski definition) is 4. The molecular formula is C16H13FN2OS2. The van der Waals surface area contributed by atoms with E-state index in [1.807, 2.05) is 24.3 Å². The highest BCUT2D eigenvalue weighted by Gasteiger charge is 2.09. The van der Waals surface area contributed by atoms with Gasteiger partial charge >= 0.3 is 0 Å². The molecule has 1 N–H and O–H groups in total. The van der Waals surface area contributed by atoms with Crippen LogP contribution in [0.15, 0.2) is 46.8 Å². The molecule has 1 amide bonds. The standard InChI is InChI=1S/C16H13FN2OS2/c1-10-8-11(17)6-7-12(10)18-15(20)9-21-16-19-13-4-2-3-5-14(13)22-16/h2-8H,9H2,1H3,(H,18,20). The van der Waals surface area contributed by atoms with Crippen molar-refractivity contribution in [2.24, 2.45) is 0 Å². The van der Waals surface area contributed by atoms with Crippen LogP contribution in [0.4, 0.5) is 10.1 Å². The highest BCUT2D eigenvalue weighted by molar-refractivity contribution is 8.01. The van der Waals surface area contributed by atoms with E-state index in [0.717, 1.165) is 14.6 Å². The Morgan fingerprint density at radius 1 is 1.32 bits per heavy atom. The van der Waals surface area contributed by atoms with Gasteiger partial charge < -0.3 is 5.32 Å². The SMILES string of the molecule is Cc1cc(F)ccc1NC(=O)CSc1nc2ccccc2s1. The number of para-hydroxylation sites is 1. The number of halogens is 1. The van der Waals surface area contributed by atoms with Crippen LogP contribution < -0.4 is 5.32 Å². The predicted molar refractivity (Wildman–Crippen MR) is 90.1 cm³/mol. The molecule has 0 unspecified atom stereocenters. The molecule has 112 valence electrons. The van der Waals surface area contributed by atoms with Crippen LogP contribution in [0.1, 0.15) is 5.56 Å². The van der Waals surface area contributed by atoms with Crippen molar-refractivity contribution in [1.29, 1.82) is 0 Å². The second-order valence-corrected chi connectivity index (χ2v) is 7.00. The van der Waals surface area contributed by atoms with Gasteiger partial charge in [-0.25, -0.2) is 9.37 Å². The number of amides is 1. The Hall–Kier alpha value is -1.92. The molecule has 0 fully saturated rings. The maximum Gasteiger partial charge on any atom is 0.234 e. The van der Waals surface area contributed by atoms with E-state index in [1.165, 1.54) is 23.9 Å². The van der Waals surface area contributed by atoms with E-state index < -0.39 is 0 Å². The summed E-state index contributed by atoms with van der Waals surface area (Å²) in [7, 11) is 0. The number of anilines is 1. The normalized spacial score (nSPS) is 10.8. The molecule has 3 aromatic rings. The van der Waals surface area contributed by atoms with E-state index in [9.17, 15) is 9.18 Å². The van der Waals surface area contributed by atoms with Crippen molar-refractivity contribution >= 4 is 44.9 Å². The summed E-state index contributed by atoms with van der Waals surface area (Å²) in [5.74, 6) is -0.158. The lowest BCUT2D eigenvalue weighted by Gasteiger charge is -2.07. The van der Waals surface area contributed by atoms with Crippen molar-refractivity contribution in [2.75, 3.05) is 11.1 Å². The van der Waals surface area contributed by atoms with Crippen molar-refractivity contribution in [1.82, 2.24) is 4.98 Å². The molecule has 6 heteroatoms. The van der Waals surface area contributed by atoms with Crippen LogP contribution in [0, 0.1) is 12.7 Å². The monoisotopic (exact) mass is 332 g/mol. The van der Waals surface area contributed by atoms with Crippen LogP contribution in [0.2, 0.25) is 0 Å². The largest absolute Gasteiger partial charge is 0.325 e. The molecule has 0 radical (unpaired) electrons. The van der Waals surface area contributed by atoms with Crippen molar-refractivity contribution in [3.8, 4) is 0 Å². The molecule has 3 rings (SSSR count). The van der Waals surface area contributed by atoms with E-state index in [-0.39, 0.29) is 17.5 Å². The molecule has 2 aromatic carbocycles. The van der Waals surface area contributed by atoms with Gasteiger partial charge in [-0.2, -0.15) is 0 Å². The lowest BCUT2D eigenvalue weighted by Crippen LogP contribution is -2.14. The molecule has 1 heterocycles.